The molecule has 0 bridgehead atoms. The van der Waals surface area contributed by atoms with Crippen molar-refractivity contribution in [2.24, 2.45) is 0 Å². The van der Waals surface area contributed by atoms with Crippen molar-refractivity contribution < 1.29 is 19.3 Å². The van der Waals surface area contributed by atoms with E-state index in [0.717, 1.165) is 16.7 Å². The largest absolute Gasteiger partial charge is 0.508 e. The maximum Gasteiger partial charge on any atom is 0.228 e. The number of fused-ring (bicyclic) bond motifs is 4. The number of hydrogen-bond acceptors (Lipinski definition) is 7. The van der Waals surface area contributed by atoms with E-state index in [1.54, 1.807) is 30.1 Å². The molecule has 1 atom stereocenters. The van der Waals surface area contributed by atoms with Crippen LogP contribution in [0, 0.1) is 0 Å². The van der Waals surface area contributed by atoms with Crippen LogP contribution in [-0.2, 0) is 6.61 Å². The van der Waals surface area contributed by atoms with E-state index in [4.69, 9.17) is 19.2 Å². The van der Waals surface area contributed by atoms with Crippen LogP contribution in [-0.4, -0.2) is 31.8 Å². The van der Waals surface area contributed by atoms with Crippen molar-refractivity contribution in [1.29, 1.82) is 0 Å². The zero-order valence-corrected chi connectivity index (χ0v) is 18.3. The maximum atomic E-state index is 10.0. The number of aromatic nitrogens is 4. The highest BCUT2D eigenvalue weighted by Gasteiger charge is 2.33. The van der Waals surface area contributed by atoms with Crippen LogP contribution in [0.5, 0.6) is 28.9 Å². The lowest BCUT2D eigenvalue weighted by molar-refractivity contribution is 0.276. The van der Waals surface area contributed by atoms with Gasteiger partial charge in [0.15, 0.2) is 23.0 Å². The highest BCUT2D eigenvalue weighted by atomic mass is 16.5. The van der Waals surface area contributed by atoms with Crippen molar-refractivity contribution >= 4 is 5.65 Å². The average Bonchev–Trinajstić information content (AvgIpc) is 3.30. The van der Waals surface area contributed by atoms with E-state index in [0.29, 0.717) is 34.6 Å². The second kappa shape index (κ2) is 8.08. The molecule has 0 radical (unpaired) electrons. The summed E-state index contributed by atoms with van der Waals surface area (Å²) in [5.74, 6) is 2.70. The van der Waals surface area contributed by atoms with Crippen LogP contribution in [0.15, 0.2) is 79.1 Å². The maximum absolute atomic E-state index is 10.0. The third-order valence-electron chi connectivity index (χ3n) is 5.79. The first-order valence-corrected chi connectivity index (χ1v) is 10.8. The molecule has 2 aromatic heterocycles. The molecule has 1 aliphatic rings. The van der Waals surface area contributed by atoms with Crippen molar-refractivity contribution in [3.63, 3.8) is 0 Å². The van der Waals surface area contributed by atoms with E-state index in [2.05, 4.69) is 22.2 Å². The second-order valence-electron chi connectivity index (χ2n) is 7.87. The minimum Gasteiger partial charge on any atom is -0.508 e. The van der Waals surface area contributed by atoms with Gasteiger partial charge in [-0.2, -0.15) is 0 Å². The van der Waals surface area contributed by atoms with Crippen molar-refractivity contribution in [2.75, 3.05) is 7.11 Å². The molecule has 5 aromatic rings. The number of para-hydroxylation sites is 2. The topological polar surface area (TPSA) is 91.0 Å². The van der Waals surface area contributed by atoms with E-state index in [1.807, 2.05) is 48.5 Å². The molecule has 8 heteroatoms. The summed E-state index contributed by atoms with van der Waals surface area (Å²) < 4.78 is 19.0. The van der Waals surface area contributed by atoms with Gasteiger partial charge in [0.05, 0.1) is 12.7 Å². The summed E-state index contributed by atoms with van der Waals surface area (Å²) in [5.41, 5.74) is 3.42. The molecule has 0 amide bonds. The molecule has 1 unspecified atom stereocenters. The van der Waals surface area contributed by atoms with Gasteiger partial charge in [-0.15, -0.1) is 5.10 Å². The number of nitrogens with zero attached hydrogens (tertiary/aromatic N) is 4. The molecule has 3 aromatic carbocycles. The van der Waals surface area contributed by atoms with Gasteiger partial charge in [-0.05, 0) is 23.8 Å². The van der Waals surface area contributed by atoms with E-state index >= 15 is 0 Å². The van der Waals surface area contributed by atoms with Crippen LogP contribution >= 0.6 is 0 Å². The fourth-order valence-electron chi connectivity index (χ4n) is 4.28. The zero-order chi connectivity index (χ0) is 23.1. The van der Waals surface area contributed by atoms with E-state index < -0.39 is 0 Å². The molecule has 6 rings (SSSR count). The van der Waals surface area contributed by atoms with Gasteiger partial charge < -0.3 is 19.3 Å². The standard InChI is InChI=1S/C26H20N4O4/c1-32-19-9-5-6-10-20(19)33-14-22-28-25-24-23(16-7-3-2-4-8-16)18-12-11-17(31)13-21(18)34-26(24)27-15-30(25)29-22/h2-13,15,23,31H,14H2,1H3. The number of benzene rings is 3. The first-order chi connectivity index (χ1) is 16.7. The van der Waals surface area contributed by atoms with Gasteiger partial charge in [-0.1, -0.05) is 48.5 Å². The lowest BCUT2D eigenvalue weighted by atomic mass is 9.84. The molecule has 8 nitrogen and oxygen atoms in total. The van der Waals surface area contributed by atoms with Crippen LogP contribution in [0.2, 0.25) is 0 Å². The van der Waals surface area contributed by atoms with Crippen LogP contribution in [0.1, 0.15) is 28.4 Å². The van der Waals surface area contributed by atoms with Gasteiger partial charge in [-0.3, -0.25) is 0 Å². The molecular formula is C26H20N4O4. The quantitative estimate of drug-likeness (QED) is 0.405. The Morgan fingerprint density at radius 2 is 1.79 bits per heavy atom. The number of rotatable bonds is 5. The highest BCUT2D eigenvalue weighted by Crippen LogP contribution is 2.48. The number of methoxy groups -OCH3 is 1. The smallest absolute Gasteiger partial charge is 0.228 e. The molecule has 0 aliphatic carbocycles. The van der Waals surface area contributed by atoms with Crippen LogP contribution in [0.4, 0.5) is 0 Å². The fraction of sp³-hybridized carbons (Fsp3) is 0.115. The van der Waals surface area contributed by atoms with Crippen LogP contribution in [0.3, 0.4) is 0 Å². The molecule has 3 heterocycles. The number of phenolic OH excluding ortho intramolecular Hbond substituents is 1. The van der Waals surface area contributed by atoms with Gasteiger partial charge in [-0.25, -0.2) is 14.5 Å². The van der Waals surface area contributed by atoms with E-state index in [9.17, 15) is 5.11 Å². The summed E-state index contributed by atoms with van der Waals surface area (Å²) in [5, 5.41) is 14.6. The number of ether oxygens (including phenoxy) is 3. The van der Waals surface area contributed by atoms with E-state index in [1.165, 1.54) is 0 Å². The molecule has 0 spiro atoms. The van der Waals surface area contributed by atoms with Crippen molar-refractivity contribution in [3.8, 4) is 28.9 Å². The van der Waals surface area contributed by atoms with Gasteiger partial charge in [0, 0.05) is 17.5 Å². The Balaban J connectivity index is 1.44. The second-order valence-corrected chi connectivity index (χ2v) is 7.87. The Kier molecular flexibility index (Phi) is 4.76. The minimum atomic E-state index is -0.191. The first kappa shape index (κ1) is 20.0. The molecule has 0 fully saturated rings. The Bertz CT molecular complexity index is 1500. The molecule has 34 heavy (non-hydrogen) atoms. The summed E-state index contributed by atoms with van der Waals surface area (Å²) in [6.45, 7) is 0.165. The van der Waals surface area contributed by atoms with Gasteiger partial charge in [0.1, 0.15) is 24.4 Å². The molecule has 0 saturated heterocycles. The monoisotopic (exact) mass is 452 g/mol. The predicted molar refractivity (Wildman–Crippen MR) is 124 cm³/mol. The van der Waals surface area contributed by atoms with Gasteiger partial charge >= 0.3 is 0 Å². The Morgan fingerprint density at radius 1 is 1.00 bits per heavy atom. The third kappa shape index (κ3) is 3.36. The van der Waals surface area contributed by atoms with Crippen molar-refractivity contribution in [1.82, 2.24) is 19.6 Å². The predicted octanol–water partition coefficient (Wildman–Crippen LogP) is 4.70. The van der Waals surface area contributed by atoms with Crippen LogP contribution in [0.25, 0.3) is 5.65 Å². The first-order valence-electron chi connectivity index (χ1n) is 10.8. The summed E-state index contributed by atoms with van der Waals surface area (Å²) in [6, 6.07) is 22.7. The van der Waals surface area contributed by atoms with Crippen LogP contribution < -0.4 is 14.2 Å². The Hall–Kier alpha value is -4.59. The number of hydrogen-bond donors (Lipinski definition) is 1. The lowest BCUT2D eigenvalue weighted by Gasteiger charge is -2.27. The Labute approximate surface area is 195 Å². The summed E-state index contributed by atoms with van der Waals surface area (Å²) in [4.78, 5) is 9.29. The Morgan fingerprint density at radius 3 is 2.62 bits per heavy atom. The van der Waals surface area contributed by atoms with Gasteiger partial charge in [0.2, 0.25) is 5.88 Å². The zero-order valence-electron chi connectivity index (χ0n) is 18.3. The average molecular weight is 452 g/mol. The molecule has 1 N–H and O–H groups in total. The highest BCUT2D eigenvalue weighted by molar-refractivity contribution is 5.66. The normalized spacial score (nSPS) is 14.2. The number of aromatic hydroxyl groups is 1. The summed E-state index contributed by atoms with van der Waals surface area (Å²) in [6.07, 6.45) is 1.57. The molecular weight excluding hydrogens is 432 g/mol. The van der Waals surface area contributed by atoms with Gasteiger partial charge in [0.25, 0.3) is 0 Å². The van der Waals surface area contributed by atoms with E-state index in [-0.39, 0.29) is 18.3 Å². The number of phenols is 1. The van der Waals surface area contributed by atoms with Crippen molar-refractivity contribution in [3.05, 3.63) is 102 Å². The molecule has 1 aliphatic heterocycles. The third-order valence-corrected chi connectivity index (χ3v) is 5.79. The minimum absolute atomic E-state index is 0.133. The SMILES string of the molecule is COc1ccccc1OCc1nc2c3c(ncn2n1)Oc1cc(O)ccc1C3c1ccccc1. The molecule has 0 saturated carbocycles. The van der Waals surface area contributed by atoms with Crippen molar-refractivity contribution in [2.45, 2.75) is 12.5 Å². The fourth-order valence-corrected chi connectivity index (χ4v) is 4.28. The summed E-state index contributed by atoms with van der Waals surface area (Å²) >= 11 is 0. The lowest BCUT2D eigenvalue weighted by Crippen LogP contribution is -2.14. The molecule has 168 valence electrons. The summed E-state index contributed by atoms with van der Waals surface area (Å²) in [7, 11) is 1.60.